The highest BCUT2D eigenvalue weighted by molar-refractivity contribution is 5.89. The quantitative estimate of drug-likeness (QED) is 0.753. The predicted octanol–water partition coefficient (Wildman–Crippen LogP) is 3.06. The van der Waals surface area contributed by atoms with Crippen molar-refractivity contribution >= 4 is 10.9 Å². The van der Waals surface area contributed by atoms with Crippen molar-refractivity contribution in [3.05, 3.63) is 29.5 Å². The minimum atomic E-state index is 0.960. The summed E-state index contributed by atoms with van der Waals surface area (Å²) in [5.41, 5.74) is 4.10. The molecule has 1 aromatic heterocycles. The molecule has 2 heteroatoms. The number of H-pyrrole nitrogens is 1. The number of aryl methyl sites for hydroxylation is 2. The van der Waals surface area contributed by atoms with E-state index in [1.54, 1.807) is 7.11 Å². The first-order chi connectivity index (χ1) is 7.40. The summed E-state index contributed by atoms with van der Waals surface area (Å²) in [6.07, 6.45) is 5.02. The number of hydrogen-bond donors (Lipinski definition) is 1. The SMILES string of the molecule is COc1cccc2c3c([nH]c12)CCCC3. The van der Waals surface area contributed by atoms with Crippen LogP contribution in [0.4, 0.5) is 0 Å². The number of benzene rings is 1. The summed E-state index contributed by atoms with van der Waals surface area (Å²) >= 11 is 0. The average Bonchev–Trinajstić information content (AvgIpc) is 2.67. The molecule has 0 fully saturated rings. The van der Waals surface area contributed by atoms with Crippen molar-refractivity contribution in [1.82, 2.24) is 4.98 Å². The van der Waals surface area contributed by atoms with Crippen LogP contribution in [-0.4, -0.2) is 12.1 Å². The molecule has 1 aliphatic rings. The molecular formula is C13H15NO. The Bertz CT molecular complexity index is 498. The molecule has 2 nitrogen and oxygen atoms in total. The third-order valence-corrected chi connectivity index (χ3v) is 3.31. The van der Waals surface area contributed by atoms with Crippen molar-refractivity contribution < 1.29 is 4.74 Å². The van der Waals surface area contributed by atoms with Crippen LogP contribution in [0.2, 0.25) is 0 Å². The third-order valence-electron chi connectivity index (χ3n) is 3.31. The van der Waals surface area contributed by atoms with Crippen LogP contribution in [0.15, 0.2) is 18.2 Å². The maximum Gasteiger partial charge on any atom is 0.142 e. The van der Waals surface area contributed by atoms with Crippen molar-refractivity contribution in [3.63, 3.8) is 0 Å². The predicted molar refractivity (Wildman–Crippen MR) is 61.5 cm³/mol. The lowest BCUT2D eigenvalue weighted by molar-refractivity contribution is 0.419. The first-order valence-electron chi connectivity index (χ1n) is 5.56. The lowest BCUT2D eigenvalue weighted by atomic mass is 9.96. The number of rotatable bonds is 1. The maximum atomic E-state index is 5.37. The zero-order chi connectivity index (χ0) is 10.3. The molecule has 0 saturated heterocycles. The number of aromatic nitrogens is 1. The highest BCUT2D eigenvalue weighted by Crippen LogP contribution is 2.33. The number of ether oxygens (including phenoxy) is 1. The lowest BCUT2D eigenvalue weighted by Gasteiger charge is -2.10. The van der Waals surface area contributed by atoms with E-state index in [0.29, 0.717) is 0 Å². The minimum absolute atomic E-state index is 0.960. The molecule has 0 spiro atoms. The van der Waals surface area contributed by atoms with E-state index in [9.17, 15) is 0 Å². The monoisotopic (exact) mass is 201 g/mol. The molecule has 0 saturated carbocycles. The molecule has 0 bridgehead atoms. The van der Waals surface area contributed by atoms with Gasteiger partial charge in [-0.3, -0.25) is 0 Å². The molecule has 1 N–H and O–H groups in total. The van der Waals surface area contributed by atoms with E-state index < -0.39 is 0 Å². The molecule has 1 aromatic carbocycles. The van der Waals surface area contributed by atoms with Gasteiger partial charge in [0.2, 0.25) is 0 Å². The van der Waals surface area contributed by atoms with Gasteiger partial charge < -0.3 is 9.72 Å². The number of methoxy groups -OCH3 is 1. The molecule has 1 aliphatic carbocycles. The van der Waals surface area contributed by atoms with Crippen molar-refractivity contribution in [2.24, 2.45) is 0 Å². The average molecular weight is 201 g/mol. The van der Waals surface area contributed by atoms with Crippen molar-refractivity contribution in [1.29, 1.82) is 0 Å². The van der Waals surface area contributed by atoms with Crippen LogP contribution in [0.5, 0.6) is 5.75 Å². The third kappa shape index (κ3) is 1.24. The molecule has 78 valence electrons. The van der Waals surface area contributed by atoms with E-state index in [4.69, 9.17) is 4.74 Å². The molecule has 2 aromatic rings. The fraction of sp³-hybridized carbons (Fsp3) is 0.385. The van der Waals surface area contributed by atoms with Gasteiger partial charge in [0.15, 0.2) is 0 Å². The first kappa shape index (κ1) is 8.84. The lowest BCUT2D eigenvalue weighted by Crippen LogP contribution is -1.99. The van der Waals surface area contributed by atoms with Gasteiger partial charge in [-0.2, -0.15) is 0 Å². The van der Waals surface area contributed by atoms with Crippen LogP contribution in [0.25, 0.3) is 10.9 Å². The summed E-state index contributed by atoms with van der Waals surface area (Å²) in [6, 6.07) is 6.28. The normalized spacial score (nSPS) is 15.3. The maximum absolute atomic E-state index is 5.37. The summed E-state index contributed by atoms with van der Waals surface area (Å²) in [5.74, 6) is 0.960. The Kier molecular flexibility index (Phi) is 1.94. The van der Waals surface area contributed by atoms with E-state index in [-0.39, 0.29) is 0 Å². The zero-order valence-corrected chi connectivity index (χ0v) is 8.97. The molecule has 0 amide bonds. The van der Waals surface area contributed by atoms with E-state index in [1.807, 2.05) is 6.07 Å². The Balaban J connectivity index is 2.31. The molecule has 15 heavy (non-hydrogen) atoms. The summed E-state index contributed by atoms with van der Waals surface area (Å²) in [4.78, 5) is 3.51. The molecule has 0 unspecified atom stereocenters. The summed E-state index contributed by atoms with van der Waals surface area (Å²) in [6.45, 7) is 0. The van der Waals surface area contributed by atoms with Gasteiger partial charge in [-0.15, -0.1) is 0 Å². The number of fused-ring (bicyclic) bond motifs is 3. The standard InChI is InChI=1S/C13H15NO/c1-15-12-8-4-6-10-9-5-2-3-7-11(9)14-13(10)12/h4,6,8,14H,2-3,5,7H2,1H3. The molecule has 0 aliphatic heterocycles. The number of para-hydroxylation sites is 1. The zero-order valence-electron chi connectivity index (χ0n) is 8.97. The Morgan fingerprint density at radius 3 is 2.93 bits per heavy atom. The fourth-order valence-electron chi connectivity index (χ4n) is 2.57. The van der Waals surface area contributed by atoms with Gasteiger partial charge in [-0.1, -0.05) is 12.1 Å². The fourth-order valence-corrected chi connectivity index (χ4v) is 2.57. The summed E-state index contributed by atoms with van der Waals surface area (Å²) < 4.78 is 5.37. The van der Waals surface area contributed by atoms with E-state index in [0.717, 1.165) is 5.75 Å². The van der Waals surface area contributed by atoms with Crippen molar-refractivity contribution in [2.75, 3.05) is 7.11 Å². The van der Waals surface area contributed by atoms with Crippen LogP contribution < -0.4 is 4.74 Å². The Labute approximate surface area is 89.3 Å². The molecule has 3 rings (SSSR count). The molecule has 0 radical (unpaired) electrons. The van der Waals surface area contributed by atoms with Gasteiger partial charge >= 0.3 is 0 Å². The molecule has 0 atom stereocenters. The smallest absolute Gasteiger partial charge is 0.142 e. The van der Waals surface area contributed by atoms with Crippen LogP contribution in [0.3, 0.4) is 0 Å². The number of aromatic amines is 1. The van der Waals surface area contributed by atoms with Gasteiger partial charge in [0.05, 0.1) is 12.6 Å². The second kappa shape index (κ2) is 3.30. The Hall–Kier alpha value is -1.44. The minimum Gasteiger partial charge on any atom is -0.495 e. The van der Waals surface area contributed by atoms with Gasteiger partial charge in [0.1, 0.15) is 5.75 Å². The first-order valence-corrected chi connectivity index (χ1v) is 5.56. The summed E-state index contributed by atoms with van der Waals surface area (Å²) in [5, 5.41) is 1.35. The second-order valence-corrected chi connectivity index (χ2v) is 4.17. The van der Waals surface area contributed by atoms with Crippen LogP contribution in [0, 0.1) is 0 Å². The van der Waals surface area contributed by atoms with Crippen molar-refractivity contribution in [2.45, 2.75) is 25.7 Å². The number of nitrogens with one attached hydrogen (secondary N) is 1. The Morgan fingerprint density at radius 2 is 2.07 bits per heavy atom. The van der Waals surface area contributed by atoms with Crippen molar-refractivity contribution in [3.8, 4) is 5.75 Å². The number of hydrogen-bond acceptors (Lipinski definition) is 1. The van der Waals surface area contributed by atoms with Crippen LogP contribution in [0.1, 0.15) is 24.1 Å². The van der Waals surface area contributed by atoms with Crippen LogP contribution >= 0.6 is 0 Å². The largest absolute Gasteiger partial charge is 0.495 e. The van der Waals surface area contributed by atoms with Gasteiger partial charge in [-0.05, 0) is 37.3 Å². The van der Waals surface area contributed by atoms with E-state index >= 15 is 0 Å². The van der Waals surface area contributed by atoms with Gasteiger partial charge in [-0.25, -0.2) is 0 Å². The topological polar surface area (TPSA) is 25.0 Å². The second-order valence-electron chi connectivity index (χ2n) is 4.17. The Morgan fingerprint density at radius 1 is 1.20 bits per heavy atom. The highest BCUT2D eigenvalue weighted by atomic mass is 16.5. The van der Waals surface area contributed by atoms with E-state index in [1.165, 1.54) is 47.8 Å². The highest BCUT2D eigenvalue weighted by Gasteiger charge is 2.16. The summed E-state index contributed by atoms with van der Waals surface area (Å²) in [7, 11) is 1.73. The van der Waals surface area contributed by atoms with Gasteiger partial charge in [0.25, 0.3) is 0 Å². The molecule has 1 heterocycles. The van der Waals surface area contributed by atoms with Crippen LogP contribution in [-0.2, 0) is 12.8 Å². The molecular weight excluding hydrogens is 186 g/mol. The van der Waals surface area contributed by atoms with Gasteiger partial charge in [0, 0.05) is 11.1 Å². The van der Waals surface area contributed by atoms with E-state index in [2.05, 4.69) is 17.1 Å².